The van der Waals surface area contributed by atoms with Crippen molar-refractivity contribution in [3.63, 3.8) is 0 Å². The van der Waals surface area contributed by atoms with E-state index in [1.54, 1.807) is 100 Å². The Morgan fingerprint density at radius 1 is 0.886 bits per heavy atom. The second-order valence-electron chi connectivity index (χ2n) is 11.8. The van der Waals surface area contributed by atoms with Crippen LogP contribution >= 0.6 is 0 Å². The van der Waals surface area contributed by atoms with E-state index in [0.29, 0.717) is 68.9 Å². The molecule has 0 spiro atoms. The summed E-state index contributed by atoms with van der Waals surface area (Å²) >= 11 is 0. The maximum Gasteiger partial charge on any atom is 0.324 e. The van der Waals surface area contributed by atoms with E-state index in [1.807, 2.05) is 0 Å². The first-order chi connectivity index (χ1) is 20.7. The molecule has 0 saturated heterocycles. The Bertz CT molecular complexity index is 1240. The van der Waals surface area contributed by atoms with Gasteiger partial charge in [-0.05, 0) is 78.9 Å². The van der Waals surface area contributed by atoms with Gasteiger partial charge in [0.25, 0.3) is 5.91 Å². The third-order valence-corrected chi connectivity index (χ3v) is 10.1. The van der Waals surface area contributed by atoms with Crippen LogP contribution in [0.25, 0.3) is 0 Å². The van der Waals surface area contributed by atoms with Gasteiger partial charge >= 0.3 is 5.97 Å². The lowest BCUT2D eigenvalue weighted by Crippen LogP contribution is -2.55. The van der Waals surface area contributed by atoms with Crippen molar-refractivity contribution >= 4 is 21.1 Å². The van der Waals surface area contributed by atoms with E-state index in [9.17, 15) is 13.8 Å². The molecule has 11 nitrogen and oxygen atoms in total. The molecule has 0 aliphatic carbocycles. The van der Waals surface area contributed by atoms with Gasteiger partial charge in [-0.15, -0.1) is 0 Å². The average Bonchev–Trinajstić information content (AvgIpc) is 2.97. The molecule has 3 N–H and O–H groups in total. The van der Waals surface area contributed by atoms with Gasteiger partial charge < -0.3 is 34.7 Å². The number of carbonyl (C=O) groups excluding carboxylic acids is 2. The number of amides is 1. The minimum Gasteiger partial charge on any atom is -0.497 e. The number of hydrogen-bond donors (Lipinski definition) is 2. The van der Waals surface area contributed by atoms with Crippen LogP contribution in [0.1, 0.15) is 43.6 Å². The largest absolute Gasteiger partial charge is 0.497 e. The van der Waals surface area contributed by atoms with Crippen molar-refractivity contribution < 1.29 is 37.5 Å². The fourth-order valence-electron chi connectivity index (χ4n) is 4.29. The first-order valence-electron chi connectivity index (χ1n) is 14.7. The SMILES string of the molecule is COc1ccc(S(C)(C)(=O)N(Cc2ccc(C(=O)NCCOCCOCCOCCN)cc2)[C@@H](C)C(=O)OC(C)(C)C)cc1. The maximum absolute atomic E-state index is 14.8. The molecule has 1 atom stereocenters. The molecule has 44 heavy (non-hydrogen) atoms. The lowest BCUT2D eigenvalue weighted by molar-refractivity contribution is -0.159. The molecule has 0 bridgehead atoms. The molecule has 0 heterocycles. The number of nitrogens with one attached hydrogen (secondary N) is 1. The first kappa shape index (κ1) is 37.3. The number of hydrogen-bond acceptors (Lipinski definition) is 9. The molecule has 0 aliphatic heterocycles. The van der Waals surface area contributed by atoms with Gasteiger partial charge in [0.2, 0.25) is 0 Å². The molecule has 0 aliphatic rings. The molecule has 248 valence electrons. The summed E-state index contributed by atoms with van der Waals surface area (Å²) in [6.45, 7) is 10.8. The number of carbonyl (C=O) groups is 2. The Kier molecular flexibility index (Phi) is 14.4. The van der Waals surface area contributed by atoms with Gasteiger partial charge in [-0.2, -0.15) is 0 Å². The van der Waals surface area contributed by atoms with Crippen molar-refractivity contribution in [1.29, 1.82) is 0 Å². The molecule has 12 heteroatoms. The Morgan fingerprint density at radius 2 is 1.43 bits per heavy atom. The van der Waals surface area contributed by atoms with Crippen molar-refractivity contribution in [2.45, 2.75) is 50.8 Å². The van der Waals surface area contributed by atoms with Crippen LogP contribution < -0.4 is 15.8 Å². The van der Waals surface area contributed by atoms with Crippen molar-refractivity contribution in [2.24, 2.45) is 5.73 Å². The van der Waals surface area contributed by atoms with Gasteiger partial charge in [0, 0.05) is 42.6 Å². The fraction of sp³-hybridized carbons (Fsp3) is 0.562. The zero-order valence-electron chi connectivity index (χ0n) is 27.3. The van der Waals surface area contributed by atoms with Crippen LogP contribution in [0.3, 0.4) is 0 Å². The van der Waals surface area contributed by atoms with Crippen LogP contribution in [-0.2, 0) is 39.5 Å². The molecule has 0 unspecified atom stereocenters. The summed E-state index contributed by atoms with van der Waals surface area (Å²) in [5, 5.41) is 2.84. The van der Waals surface area contributed by atoms with Crippen LogP contribution in [0.2, 0.25) is 0 Å². The molecule has 0 radical (unpaired) electrons. The zero-order chi connectivity index (χ0) is 32.8. The van der Waals surface area contributed by atoms with E-state index < -0.39 is 26.9 Å². The summed E-state index contributed by atoms with van der Waals surface area (Å²) in [5.41, 5.74) is 5.90. The van der Waals surface area contributed by atoms with Gasteiger partial charge in [-0.25, -0.2) is 4.31 Å². The summed E-state index contributed by atoms with van der Waals surface area (Å²) in [7, 11) is -2.21. The van der Waals surface area contributed by atoms with Gasteiger partial charge in [0.05, 0.1) is 46.8 Å². The number of methoxy groups -OCH3 is 1. The molecule has 0 saturated carbocycles. The highest BCUT2D eigenvalue weighted by atomic mass is 32.3. The van der Waals surface area contributed by atoms with Gasteiger partial charge in [-0.3, -0.25) is 13.8 Å². The molecular formula is C32H51N3O8S. The van der Waals surface area contributed by atoms with Crippen LogP contribution in [0.15, 0.2) is 53.4 Å². The quantitative estimate of drug-likeness (QED) is 0.176. The summed E-state index contributed by atoms with van der Waals surface area (Å²) in [5.74, 6) is -0.0771. The van der Waals surface area contributed by atoms with Gasteiger partial charge in [-0.1, -0.05) is 12.1 Å². The van der Waals surface area contributed by atoms with Crippen molar-refractivity contribution in [1.82, 2.24) is 9.62 Å². The Labute approximate surface area is 262 Å². The number of nitrogens with zero attached hydrogens (tertiary/aromatic N) is 1. The van der Waals surface area contributed by atoms with Crippen molar-refractivity contribution in [2.75, 3.05) is 72.4 Å². The number of esters is 1. The van der Waals surface area contributed by atoms with E-state index in [1.165, 1.54) is 0 Å². The fourth-order valence-corrected chi connectivity index (χ4v) is 7.01. The molecule has 1 amide bonds. The summed E-state index contributed by atoms with van der Waals surface area (Å²) in [4.78, 5) is 26.5. The highest BCUT2D eigenvalue weighted by molar-refractivity contribution is 8.16. The van der Waals surface area contributed by atoms with Crippen LogP contribution in [-0.4, -0.2) is 104 Å². The lowest BCUT2D eigenvalue weighted by atomic mass is 10.1. The second kappa shape index (κ2) is 17.0. The monoisotopic (exact) mass is 637 g/mol. The Hall–Kier alpha value is -2.87. The third kappa shape index (κ3) is 11.9. The molecule has 0 fully saturated rings. The second-order valence-corrected chi connectivity index (χ2v) is 16.3. The maximum atomic E-state index is 14.8. The third-order valence-electron chi connectivity index (χ3n) is 6.69. The first-order valence-corrected chi connectivity index (χ1v) is 17.5. The van der Waals surface area contributed by atoms with Crippen LogP contribution in [0, 0.1) is 0 Å². The van der Waals surface area contributed by atoms with E-state index >= 15 is 0 Å². The minimum atomic E-state index is -3.78. The molecule has 2 aromatic carbocycles. The predicted octanol–water partition coefficient (Wildman–Crippen LogP) is 3.02. The Morgan fingerprint density at radius 3 is 1.95 bits per heavy atom. The summed E-state index contributed by atoms with van der Waals surface area (Å²) < 4.78 is 43.6. The Balaban J connectivity index is 2.05. The topological polar surface area (TPSA) is 139 Å². The minimum absolute atomic E-state index is 0.182. The summed E-state index contributed by atoms with van der Waals surface area (Å²) in [6, 6.07) is 13.2. The number of nitrogens with two attached hydrogens (primary N) is 1. The van der Waals surface area contributed by atoms with E-state index in [-0.39, 0.29) is 12.5 Å². The molecule has 2 aromatic rings. The highest BCUT2D eigenvalue weighted by Crippen LogP contribution is 2.38. The van der Waals surface area contributed by atoms with Crippen molar-refractivity contribution in [3.8, 4) is 5.75 Å². The van der Waals surface area contributed by atoms with Gasteiger partial charge in [0.15, 0.2) is 0 Å². The highest BCUT2D eigenvalue weighted by Gasteiger charge is 2.42. The molecular weight excluding hydrogens is 586 g/mol. The standard InChI is InChI=1S/C32H51N3O8S/c1-25(31(37)43-32(2,3)4)35(44(6,7,38)29-14-12-28(39-5)13-15-29)24-26-8-10-27(11-9-26)30(36)34-17-19-41-21-23-42-22-20-40-18-16-33/h8-15,25H,16-24,33H2,1-7H3,(H,34,36)/t25-/m0/s1. The zero-order valence-corrected chi connectivity index (χ0v) is 28.1. The number of benzene rings is 2. The smallest absolute Gasteiger partial charge is 0.324 e. The molecule has 2 rings (SSSR count). The normalized spacial score (nSPS) is 13.6. The van der Waals surface area contributed by atoms with Gasteiger partial charge in [0.1, 0.15) is 17.4 Å². The van der Waals surface area contributed by atoms with E-state index in [2.05, 4.69) is 5.32 Å². The number of rotatable bonds is 19. The van der Waals surface area contributed by atoms with E-state index in [4.69, 9.17) is 29.4 Å². The average molecular weight is 638 g/mol. The van der Waals surface area contributed by atoms with Crippen LogP contribution in [0.4, 0.5) is 0 Å². The molecule has 0 aromatic heterocycles. The number of ether oxygens (including phenoxy) is 5. The van der Waals surface area contributed by atoms with E-state index in [0.717, 1.165) is 5.56 Å². The lowest BCUT2D eigenvalue weighted by Gasteiger charge is -2.48. The van der Waals surface area contributed by atoms with Crippen molar-refractivity contribution in [3.05, 3.63) is 59.7 Å². The summed E-state index contributed by atoms with van der Waals surface area (Å²) in [6.07, 6.45) is 3.32. The van der Waals surface area contributed by atoms with Crippen LogP contribution in [0.5, 0.6) is 5.75 Å². The predicted molar refractivity (Wildman–Crippen MR) is 172 cm³/mol.